The van der Waals surface area contributed by atoms with Gasteiger partial charge in [-0.1, -0.05) is 0 Å². The van der Waals surface area contributed by atoms with Crippen molar-refractivity contribution in [3.05, 3.63) is 17.7 Å². The Morgan fingerprint density at radius 2 is 2.17 bits per heavy atom. The molecule has 0 aromatic carbocycles. The second-order valence-corrected chi connectivity index (χ2v) is 6.79. The van der Waals surface area contributed by atoms with E-state index in [1.807, 2.05) is 6.92 Å². The van der Waals surface area contributed by atoms with Crippen LogP contribution < -0.4 is 0 Å². The Labute approximate surface area is 142 Å². The number of imidazole rings is 1. The number of hydrogen-bond donors (Lipinski definition) is 2. The molecule has 7 nitrogen and oxygen atoms in total. The SMILES string of the molecule is Cc1ncc(CN(CCO)C(=O)C2CCCCN2C(=O)C2CC2)[nH]1. The quantitative estimate of drug-likeness (QED) is 0.806. The van der Waals surface area contributed by atoms with Gasteiger partial charge in [-0.05, 0) is 39.0 Å². The van der Waals surface area contributed by atoms with E-state index in [1.165, 1.54) is 0 Å². The molecule has 1 aliphatic carbocycles. The van der Waals surface area contributed by atoms with E-state index in [4.69, 9.17) is 0 Å². The third kappa shape index (κ3) is 3.77. The molecule has 2 N–H and O–H groups in total. The monoisotopic (exact) mass is 334 g/mol. The molecule has 1 unspecified atom stereocenters. The van der Waals surface area contributed by atoms with Gasteiger partial charge in [-0.2, -0.15) is 0 Å². The first kappa shape index (κ1) is 17.0. The number of aryl methyl sites for hydroxylation is 1. The molecule has 2 amide bonds. The summed E-state index contributed by atoms with van der Waals surface area (Å²) in [6.45, 7) is 3.07. The Kier molecular flexibility index (Phi) is 5.18. The van der Waals surface area contributed by atoms with Gasteiger partial charge in [-0.15, -0.1) is 0 Å². The summed E-state index contributed by atoms with van der Waals surface area (Å²) in [5.74, 6) is 0.990. The summed E-state index contributed by atoms with van der Waals surface area (Å²) in [7, 11) is 0. The summed E-state index contributed by atoms with van der Waals surface area (Å²) in [4.78, 5) is 36.2. The van der Waals surface area contributed by atoms with E-state index in [0.29, 0.717) is 19.5 Å². The molecule has 132 valence electrons. The van der Waals surface area contributed by atoms with E-state index in [2.05, 4.69) is 9.97 Å². The van der Waals surface area contributed by atoms with Crippen LogP contribution in [0.4, 0.5) is 0 Å². The van der Waals surface area contributed by atoms with Crippen molar-refractivity contribution >= 4 is 11.8 Å². The van der Waals surface area contributed by atoms with E-state index in [0.717, 1.165) is 37.2 Å². The minimum atomic E-state index is -0.387. The number of likely N-dealkylation sites (tertiary alicyclic amines) is 1. The number of nitrogens with one attached hydrogen (secondary N) is 1. The Morgan fingerprint density at radius 3 is 2.79 bits per heavy atom. The number of piperidine rings is 1. The van der Waals surface area contributed by atoms with Gasteiger partial charge in [-0.3, -0.25) is 9.59 Å². The lowest BCUT2D eigenvalue weighted by molar-refractivity contribution is -0.149. The average Bonchev–Trinajstić information content (AvgIpc) is 3.36. The minimum absolute atomic E-state index is 0.0648. The third-order valence-corrected chi connectivity index (χ3v) is 4.80. The summed E-state index contributed by atoms with van der Waals surface area (Å²) in [5, 5.41) is 9.34. The predicted molar refractivity (Wildman–Crippen MR) is 87.9 cm³/mol. The standard InChI is InChI=1S/C17H26N4O3/c1-12-18-10-14(19-12)11-20(8-9-22)17(24)15-4-2-3-7-21(15)16(23)13-5-6-13/h10,13,15,22H,2-9,11H2,1H3,(H,18,19). The van der Waals surface area contributed by atoms with Gasteiger partial charge in [0.2, 0.25) is 11.8 Å². The highest BCUT2D eigenvalue weighted by Gasteiger charge is 2.40. The van der Waals surface area contributed by atoms with Crippen molar-refractivity contribution in [3.63, 3.8) is 0 Å². The fourth-order valence-corrected chi connectivity index (χ4v) is 3.37. The molecule has 1 aromatic heterocycles. The van der Waals surface area contributed by atoms with Gasteiger partial charge in [0, 0.05) is 19.0 Å². The zero-order valence-electron chi connectivity index (χ0n) is 14.2. The molecule has 3 rings (SSSR count). The second-order valence-electron chi connectivity index (χ2n) is 6.79. The Balaban J connectivity index is 1.72. The molecule has 2 aliphatic rings. The smallest absolute Gasteiger partial charge is 0.245 e. The maximum Gasteiger partial charge on any atom is 0.245 e. The highest BCUT2D eigenvalue weighted by atomic mass is 16.3. The largest absolute Gasteiger partial charge is 0.395 e. The van der Waals surface area contributed by atoms with Crippen molar-refractivity contribution in [1.29, 1.82) is 0 Å². The van der Waals surface area contributed by atoms with E-state index < -0.39 is 0 Å². The highest BCUT2D eigenvalue weighted by Crippen LogP contribution is 2.33. The molecular formula is C17H26N4O3. The normalized spacial score (nSPS) is 20.9. The van der Waals surface area contributed by atoms with Crippen LogP contribution in [0.1, 0.15) is 43.6 Å². The van der Waals surface area contributed by atoms with Crippen LogP contribution in [0.5, 0.6) is 0 Å². The topological polar surface area (TPSA) is 89.5 Å². The number of carbonyl (C=O) groups excluding carboxylic acids is 2. The van der Waals surface area contributed by atoms with E-state index in [-0.39, 0.29) is 36.9 Å². The van der Waals surface area contributed by atoms with E-state index >= 15 is 0 Å². The number of carbonyl (C=O) groups is 2. The minimum Gasteiger partial charge on any atom is -0.395 e. The Morgan fingerprint density at radius 1 is 1.38 bits per heavy atom. The van der Waals surface area contributed by atoms with E-state index in [9.17, 15) is 14.7 Å². The number of amides is 2. The molecule has 1 aromatic rings. The lowest BCUT2D eigenvalue weighted by Gasteiger charge is -2.37. The lowest BCUT2D eigenvalue weighted by atomic mass is 10.00. The zero-order chi connectivity index (χ0) is 17.1. The van der Waals surface area contributed by atoms with Gasteiger partial charge in [0.05, 0.1) is 25.0 Å². The van der Waals surface area contributed by atoms with Crippen LogP contribution in [-0.2, 0) is 16.1 Å². The van der Waals surface area contributed by atoms with Crippen molar-refractivity contribution in [2.45, 2.75) is 51.6 Å². The van der Waals surface area contributed by atoms with Crippen LogP contribution in [0.25, 0.3) is 0 Å². The van der Waals surface area contributed by atoms with Gasteiger partial charge in [0.15, 0.2) is 0 Å². The number of aliphatic hydroxyl groups is 1. The molecule has 2 fully saturated rings. The number of nitrogens with zero attached hydrogens (tertiary/aromatic N) is 3. The Bertz CT molecular complexity index is 596. The molecule has 2 heterocycles. The maximum absolute atomic E-state index is 13.0. The molecule has 1 aliphatic heterocycles. The summed E-state index contributed by atoms with van der Waals surface area (Å²) >= 11 is 0. The van der Waals surface area contributed by atoms with Crippen molar-refractivity contribution in [1.82, 2.24) is 19.8 Å². The van der Waals surface area contributed by atoms with Crippen LogP contribution in [0, 0.1) is 12.8 Å². The molecule has 7 heteroatoms. The second kappa shape index (κ2) is 7.34. The third-order valence-electron chi connectivity index (χ3n) is 4.80. The average molecular weight is 334 g/mol. The Hall–Kier alpha value is -1.89. The molecule has 24 heavy (non-hydrogen) atoms. The summed E-state index contributed by atoms with van der Waals surface area (Å²) in [6, 6.07) is -0.387. The van der Waals surface area contributed by atoms with Crippen LogP contribution in [0.3, 0.4) is 0 Å². The summed E-state index contributed by atoms with van der Waals surface area (Å²) < 4.78 is 0. The van der Waals surface area contributed by atoms with Crippen LogP contribution in [0.15, 0.2) is 6.20 Å². The van der Waals surface area contributed by atoms with Gasteiger partial charge in [-0.25, -0.2) is 4.98 Å². The number of H-pyrrole nitrogens is 1. The van der Waals surface area contributed by atoms with Crippen LogP contribution >= 0.6 is 0 Å². The first-order valence-corrected chi connectivity index (χ1v) is 8.80. The van der Waals surface area contributed by atoms with Crippen molar-refractivity contribution in [3.8, 4) is 0 Å². The first-order chi connectivity index (χ1) is 11.6. The fraction of sp³-hybridized carbons (Fsp3) is 0.706. The highest BCUT2D eigenvalue weighted by molar-refractivity contribution is 5.89. The van der Waals surface area contributed by atoms with Crippen molar-refractivity contribution in [2.24, 2.45) is 5.92 Å². The number of aliphatic hydroxyl groups excluding tert-OH is 1. The van der Waals surface area contributed by atoms with Gasteiger partial charge >= 0.3 is 0 Å². The number of aromatic nitrogens is 2. The van der Waals surface area contributed by atoms with E-state index in [1.54, 1.807) is 16.0 Å². The van der Waals surface area contributed by atoms with Gasteiger partial charge < -0.3 is 19.9 Å². The van der Waals surface area contributed by atoms with Crippen LogP contribution in [-0.4, -0.2) is 62.4 Å². The zero-order valence-corrected chi connectivity index (χ0v) is 14.2. The molecule has 0 radical (unpaired) electrons. The van der Waals surface area contributed by atoms with Gasteiger partial charge in [0.25, 0.3) is 0 Å². The summed E-state index contributed by atoms with van der Waals surface area (Å²) in [5.41, 5.74) is 0.838. The molecule has 0 spiro atoms. The van der Waals surface area contributed by atoms with Crippen molar-refractivity contribution < 1.29 is 14.7 Å². The maximum atomic E-state index is 13.0. The first-order valence-electron chi connectivity index (χ1n) is 8.80. The molecule has 0 bridgehead atoms. The molecular weight excluding hydrogens is 308 g/mol. The molecule has 1 atom stereocenters. The van der Waals surface area contributed by atoms with Gasteiger partial charge in [0.1, 0.15) is 11.9 Å². The fourth-order valence-electron chi connectivity index (χ4n) is 3.37. The number of rotatable bonds is 6. The predicted octanol–water partition coefficient (Wildman–Crippen LogP) is 0.830. The lowest BCUT2D eigenvalue weighted by Crippen LogP contribution is -2.53. The number of aromatic amines is 1. The number of hydrogen-bond acceptors (Lipinski definition) is 4. The molecule has 1 saturated carbocycles. The van der Waals surface area contributed by atoms with Crippen LogP contribution in [0.2, 0.25) is 0 Å². The summed E-state index contributed by atoms with van der Waals surface area (Å²) in [6.07, 6.45) is 6.24. The molecule has 1 saturated heterocycles. The van der Waals surface area contributed by atoms with Crippen molar-refractivity contribution in [2.75, 3.05) is 19.7 Å².